The summed E-state index contributed by atoms with van der Waals surface area (Å²) in [5.74, 6) is 0.561. The van der Waals surface area contributed by atoms with Gasteiger partial charge < -0.3 is 11.5 Å². The van der Waals surface area contributed by atoms with Gasteiger partial charge in [-0.15, -0.1) is 0 Å². The summed E-state index contributed by atoms with van der Waals surface area (Å²) >= 11 is 7.26. The van der Waals surface area contributed by atoms with E-state index in [1.165, 1.54) is 11.8 Å². The number of halogens is 1. The molecule has 1 heterocycles. The van der Waals surface area contributed by atoms with Gasteiger partial charge in [0.25, 0.3) is 0 Å². The smallest absolute Gasteiger partial charge is 0.221 e. The molecule has 0 radical (unpaired) electrons. The van der Waals surface area contributed by atoms with E-state index >= 15 is 0 Å². The van der Waals surface area contributed by atoms with Gasteiger partial charge in [0.15, 0.2) is 0 Å². The summed E-state index contributed by atoms with van der Waals surface area (Å²) in [6.45, 7) is 0. The average Bonchev–Trinajstić information content (AvgIpc) is 2.25. The summed E-state index contributed by atoms with van der Waals surface area (Å²) in [5.41, 5.74) is 11.1. The lowest BCUT2D eigenvalue weighted by molar-refractivity contribution is 1.13. The Hall–Kier alpha value is -1.46. The van der Waals surface area contributed by atoms with Gasteiger partial charge >= 0.3 is 0 Å². The molecule has 6 heteroatoms. The van der Waals surface area contributed by atoms with Crippen molar-refractivity contribution in [2.75, 3.05) is 11.5 Å². The molecule has 0 unspecified atom stereocenters. The molecule has 0 saturated carbocycles. The maximum Gasteiger partial charge on any atom is 0.221 e. The average molecular weight is 253 g/mol. The van der Waals surface area contributed by atoms with Crippen LogP contribution in [0.2, 0.25) is 5.02 Å². The first-order chi connectivity index (χ1) is 7.65. The number of aromatic nitrogens is 2. The number of hydrogen-bond acceptors (Lipinski definition) is 5. The molecular formula is C10H9ClN4S. The molecule has 2 rings (SSSR count). The standard InChI is InChI=1S/C10H9ClN4S/c11-6-1-3-7(4-2-6)16-8-5-14-10(13)15-9(8)12/h1-5H,(H4,12,13,14,15). The van der Waals surface area contributed by atoms with Crippen molar-refractivity contribution in [1.82, 2.24) is 9.97 Å². The molecular weight excluding hydrogens is 244 g/mol. The topological polar surface area (TPSA) is 77.8 Å². The lowest BCUT2D eigenvalue weighted by Gasteiger charge is -2.04. The van der Waals surface area contributed by atoms with Crippen LogP contribution in [0.4, 0.5) is 11.8 Å². The lowest BCUT2D eigenvalue weighted by atomic mass is 10.4. The highest BCUT2D eigenvalue weighted by atomic mass is 35.5. The molecule has 0 aliphatic heterocycles. The number of rotatable bonds is 2. The molecule has 0 spiro atoms. The summed E-state index contributed by atoms with van der Waals surface area (Å²) in [4.78, 5) is 9.57. The first kappa shape index (κ1) is 11.0. The van der Waals surface area contributed by atoms with Gasteiger partial charge in [0.2, 0.25) is 5.95 Å². The van der Waals surface area contributed by atoms with Gasteiger partial charge in [-0.25, -0.2) is 4.98 Å². The van der Waals surface area contributed by atoms with E-state index in [1.54, 1.807) is 6.20 Å². The van der Waals surface area contributed by atoms with Gasteiger partial charge in [-0.05, 0) is 24.3 Å². The minimum Gasteiger partial charge on any atom is -0.383 e. The van der Waals surface area contributed by atoms with Crippen LogP contribution in [0.15, 0.2) is 40.3 Å². The monoisotopic (exact) mass is 252 g/mol. The molecule has 0 aliphatic rings. The minimum absolute atomic E-state index is 0.179. The third-order valence-electron chi connectivity index (χ3n) is 1.84. The third-order valence-corrected chi connectivity index (χ3v) is 3.14. The fourth-order valence-corrected chi connectivity index (χ4v) is 2.01. The summed E-state index contributed by atoms with van der Waals surface area (Å²) in [6.07, 6.45) is 1.61. The molecule has 0 fully saturated rings. The Bertz CT molecular complexity index is 501. The fraction of sp³-hybridized carbons (Fsp3) is 0. The van der Waals surface area contributed by atoms with Gasteiger partial charge in [0.05, 0.1) is 4.90 Å². The molecule has 0 amide bonds. The van der Waals surface area contributed by atoms with E-state index in [0.29, 0.717) is 10.8 Å². The van der Waals surface area contributed by atoms with E-state index < -0.39 is 0 Å². The zero-order valence-electron chi connectivity index (χ0n) is 8.22. The molecule has 82 valence electrons. The quantitative estimate of drug-likeness (QED) is 0.858. The first-order valence-electron chi connectivity index (χ1n) is 4.46. The van der Waals surface area contributed by atoms with Crippen molar-refractivity contribution in [1.29, 1.82) is 0 Å². The Kier molecular flexibility index (Phi) is 3.17. The number of nitrogens with two attached hydrogens (primary N) is 2. The molecule has 0 bridgehead atoms. The number of nitrogens with zero attached hydrogens (tertiary/aromatic N) is 2. The Morgan fingerprint density at radius 2 is 1.81 bits per heavy atom. The van der Waals surface area contributed by atoms with Crippen molar-refractivity contribution in [3.05, 3.63) is 35.5 Å². The van der Waals surface area contributed by atoms with E-state index in [-0.39, 0.29) is 5.95 Å². The van der Waals surface area contributed by atoms with Crippen molar-refractivity contribution >= 4 is 35.1 Å². The zero-order chi connectivity index (χ0) is 11.5. The number of nitrogen functional groups attached to an aromatic ring is 2. The molecule has 4 nitrogen and oxygen atoms in total. The van der Waals surface area contributed by atoms with Crippen LogP contribution in [0, 0.1) is 0 Å². The normalized spacial score (nSPS) is 10.3. The van der Waals surface area contributed by atoms with Crippen LogP contribution in [-0.2, 0) is 0 Å². The van der Waals surface area contributed by atoms with Crippen molar-refractivity contribution in [2.45, 2.75) is 9.79 Å². The van der Waals surface area contributed by atoms with E-state index in [2.05, 4.69) is 9.97 Å². The van der Waals surface area contributed by atoms with Crippen molar-refractivity contribution < 1.29 is 0 Å². The molecule has 0 saturated heterocycles. The van der Waals surface area contributed by atoms with Crippen molar-refractivity contribution in [3.8, 4) is 0 Å². The Morgan fingerprint density at radius 3 is 2.44 bits per heavy atom. The van der Waals surface area contributed by atoms with Crippen LogP contribution >= 0.6 is 23.4 Å². The largest absolute Gasteiger partial charge is 0.383 e. The van der Waals surface area contributed by atoms with Crippen molar-refractivity contribution in [3.63, 3.8) is 0 Å². The van der Waals surface area contributed by atoms with Gasteiger partial charge in [-0.2, -0.15) is 4.98 Å². The first-order valence-corrected chi connectivity index (χ1v) is 5.66. The maximum absolute atomic E-state index is 5.79. The molecule has 0 aliphatic carbocycles. The van der Waals surface area contributed by atoms with E-state index in [1.807, 2.05) is 24.3 Å². The number of anilines is 2. The molecule has 4 N–H and O–H groups in total. The maximum atomic E-state index is 5.79. The second-order valence-electron chi connectivity index (χ2n) is 3.03. The van der Waals surface area contributed by atoms with Gasteiger partial charge in [-0.3, -0.25) is 0 Å². The summed E-state index contributed by atoms with van der Waals surface area (Å²) < 4.78 is 0. The van der Waals surface area contributed by atoms with E-state index in [9.17, 15) is 0 Å². The Morgan fingerprint density at radius 1 is 1.12 bits per heavy atom. The third kappa shape index (κ3) is 2.56. The van der Waals surface area contributed by atoms with Crippen LogP contribution in [0.5, 0.6) is 0 Å². The second kappa shape index (κ2) is 4.59. The van der Waals surface area contributed by atoms with Crippen LogP contribution in [-0.4, -0.2) is 9.97 Å². The fourth-order valence-electron chi connectivity index (χ4n) is 1.11. The predicted octanol–water partition coefficient (Wildman–Crippen LogP) is 2.45. The van der Waals surface area contributed by atoms with Gasteiger partial charge in [0.1, 0.15) is 5.82 Å². The van der Waals surface area contributed by atoms with Gasteiger partial charge in [0, 0.05) is 16.1 Å². The van der Waals surface area contributed by atoms with Crippen LogP contribution in [0.25, 0.3) is 0 Å². The molecule has 1 aromatic heterocycles. The zero-order valence-corrected chi connectivity index (χ0v) is 9.79. The Balaban J connectivity index is 2.23. The van der Waals surface area contributed by atoms with E-state index in [4.69, 9.17) is 23.1 Å². The highest BCUT2D eigenvalue weighted by molar-refractivity contribution is 7.99. The number of hydrogen-bond donors (Lipinski definition) is 2. The predicted molar refractivity (Wildman–Crippen MR) is 66.4 cm³/mol. The van der Waals surface area contributed by atoms with Crippen LogP contribution in [0.3, 0.4) is 0 Å². The van der Waals surface area contributed by atoms with Crippen LogP contribution in [0.1, 0.15) is 0 Å². The lowest BCUT2D eigenvalue weighted by Crippen LogP contribution is -2.00. The summed E-state index contributed by atoms with van der Waals surface area (Å²) in [7, 11) is 0. The second-order valence-corrected chi connectivity index (χ2v) is 4.59. The highest BCUT2D eigenvalue weighted by Crippen LogP contribution is 2.31. The van der Waals surface area contributed by atoms with Crippen LogP contribution < -0.4 is 11.5 Å². The van der Waals surface area contributed by atoms with E-state index in [0.717, 1.165) is 9.79 Å². The molecule has 1 aromatic carbocycles. The molecule has 2 aromatic rings. The van der Waals surface area contributed by atoms with Gasteiger partial charge in [-0.1, -0.05) is 23.4 Å². The Labute approximate surface area is 102 Å². The minimum atomic E-state index is 0.179. The number of benzene rings is 1. The SMILES string of the molecule is Nc1ncc(Sc2ccc(Cl)cc2)c(N)n1. The summed E-state index contributed by atoms with van der Waals surface area (Å²) in [6, 6.07) is 7.45. The van der Waals surface area contributed by atoms with Crippen molar-refractivity contribution in [2.24, 2.45) is 0 Å². The highest BCUT2D eigenvalue weighted by Gasteiger charge is 2.04. The summed E-state index contributed by atoms with van der Waals surface area (Å²) in [5, 5.41) is 0.700. The molecule has 0 atom stereocenters. The molecule has 16 heavy (non-hydrogen) atoms.